The van der Waals surface area contributed by atoms with Crippen LogP contribution in [-0.4, -0.2) is 17.5 Å². The second-order valence-electron chi connectivity index (χ2n) is 3.92. The number of thioether (sulfide) groups is 1. The Morgan fingerprint density at radius 1 is 1.47 bits per heavy atom. The molecule has 1 aromatic carbocycles. The number of hydrogen-bond acceptors (Lipinski definition) is 2. The Morgan fingerprint density at radius 3 is 3.13 bits per heavy atom. The molecule has 2 rings (SSSR count). The van der Waals surface area contributed by atoms with E-state index in [0.29, 0.717) is 11.3 Å². The molecular formula is C12H16ClNS. The van der Waals surface area contributed by atoms with Gasteiger partial charge in [0.15, 0.2) is 0 Å². The zero-order chi connectivity index (χ0) is 10.7. The Hall–Kier alpha value is -0.180. The zero-order valence-electron chi connectivity index (χ0n) is 8.87. The van der Waals surface area contributed by atoms with Crippen molar-refractivity contribution in [2.24, 2.45) is 0 Å². The molecule has 0 radical (unpaired) electrons. The van der Waals surface area contributed by atoms with Crippen molar-refractivity contribution in [3.63, 3.8) is 0 Å². The molecule has 0 spiro atoms. The lowest BCUT2D eigenvalue weighted by Gasteiger charge is -2.22. The lowest BCUT2D eigenvalue weighted by molar-refractivity contribution is 0.540. The Balaban J connectivity index is 2.20. The van der Waals surface area contributed by atoms with Crippen LogP contribution in [0.15, 0.2) is 24.3 Å². The fourth-order valence-corrected chi connectivity index (χ4v) is 3.28. The van der Waals surface area contributed by atoms with Crippen LogP contribution >= 0.6 is 23.4 Å². The van der Waals surface area contributed by atoms with Crippen molar-refractivity contribution in [1.82, 2.24) is 5.32 Å². The summed E-state index contributed by atoms with van der Waals surface area (Å²) in [5.41, 5.74) is 1.31. The van der Waals surface area contributed by atoms with Crippen LogP contribution in [-0.2, 0) is 0 Å². The van der Waals surface area contributed by atoms with Crippen LogP contribution < -0.4 is 5.32 Å². The van der Waals surface area contributed by atoms with Gasteiger partial charge in [0, 0.05) is 16.3 Å². The summed E-state index contributed by atoms with van der Waals surface area (Å²) in [6.07, 6.45) is 1.26. The highest BCUT2D eigenvalue weighted by molar-refractivity contribution is 7.99. The molecule has 0 amide bonds. The van der Waals surface area contributed by atoms with Crippen molar-refractivity contribution < 1.29 is 0 Å². The van der Waals surface area contributed by atoms with Crippen LogP contribution in [0.25, 0.3) is 0 Å². The Bertz CT molecular complexity index is 329. The van der Waals surface area contributed by atoms with Crippen molar-refractivity contribution in [3.8, 4) is 0 Å². The molecule has 1 N–H and O–H groups in total. The highest BCUT2D eigenvalue weighted by Crippen LogP contribution is 2.30. The molecule has 0 aliphatic carbocycles. The van der Waals surface area contributed by atoms with Gasteiger partial charge in [0.1, 0.15) is 0 Å². The normalized spacial score (nSPS) is 27.3. The Morgan fingerprint density at radius 2 is 2.33 bits per heavy atom. The molecule has 2 atom stereocenters. The summed E-state index contributed by atoms with van der Waals surface area (Å²) in [6, 6.07) is 8.63. The van der Waals surface area contributed by atoms with E-state index in [1.165, 1.54) is 17.7 Å². The molecule has 0 saturated carbocycles. The first kappa shape index (κ1) is 11.3. The molecule has 1 heterocycles. The summed E-state index contributed by atoms with van der Waals surface area (Å²) >= 11 is 8.06. The predicted molar refractivity (Wildman–Crippen MR) is 68.7 cm³/mol. The molecule has 1 aliphatic rings. The molecule has 1 aromatic rings. The largest absolute Gasteiger partial charge is 0.309 e. The lowest BCUT2D eigenvalue weighted by Crippen LogP contribution is -2.27. The van der Waals surface area contributed by atoms with Crippen molar-refractivity contribution in [3.05, 3.63) is 34.9 Å². The summed E-state index contributed by atoms with van der Waals surface area (Å²) in [5.74, 6) is 1.26. The maximum absolute atomic E-state index is 6.02. The third-order valence-corrected chi connectivity index (χ3v) is 4.30. The van der Waals surface area contributed by atoms with E-state index >= 15 is 0 Å². The van der Waals surface area contributed by atoms with Gasteiger partial charge in [-0.05, 0) is 36.4 Å². The van der Waals surface area contributed by atoms with Crippen LogP contribution in [0, 0.1) is 0 Å². The molecular weight excluding hydrogens is 226 g/mol. The van der Waals surface area contributed by atoms with Crippen molar-refractivity contribution in [2.75, 3.05) is 12.3 Å². The standard InChI is InChI=1S/C12H16ClNS/c1-9-12(14-6-3-7-15-9)10-4-2-5-11(13)8-10/h2,4-5,8-9,12,14H,3,6-7H2,1H3. The number of benzene rings is 1. The molecule has 0 bridgehead atoms. The van der Waals surface area contributed by atoms with Crippen LogP contribution in [0.3, 0.4) is 0 Å². The fourth-order valence-electron chi connectivity index (χ4n) is 1.95. The molecule has 15 heavy (non-hydrogen) atoms. The number of nitrogens with one attached hydrogen (secondary N) is 1. The van der Waals surface area contributed by atoms with Gasteiger partial charge >= 0.3 is 0 Å². The fraction of sp³-hybridized carbons (Fsp3) is 0.500. The SMILES string of the molecule is CC1SCCCNC1c1cccc(Cl)c1. The van der Waals surface area contributed by atoms with Crippen LogP contribution in [0.4, 0.5) is 0 Å². The Labute approximate surface area is 101 Å². The summed E-state index contributed by atoms with van der Waals surface area (Å²) < 4.78 is 0. The maximum Gasteiger partial charge on any atom is 0.0438 e. The Kier molecular flexibility index (Phi) is 3.95. The van der Waals surface area contributed by atoms with Gasteiger partial charge in [0.2, 0.25) is 0 Å². The number of rotatable bonds is 1. The predicted octanol–water partition coefficient (Wildman–Crippen LogP) is 3.50. The molecule has 82 valence electrons. The summed E-state index contributed by atoms with van der Waals surface area (Å²) in [5, 5.41) is 5.04. The van der Waals surface area contributed by atoms with Crippen LogP contribution in [0.1, 0.15) is 24.9 Å². The maximum atomic E-state index is 6.02. The third kappa shape index (κ3) is 2.90. The highest BCUT2D eigenvalue weighted by Gasteiger charge is 2.21. The van der Waals surface area contributed by atoms with E-state index in [1.54, 1.807) is 0 Å². The molecule has 2 unspecified atom stereocenters. The molecule has 1 saturated heterocycles. The lowest BCUT2D eigenvalue weighted by atomic mass is 10.0. The van der Waals surface area contributed by atoms with Gasteiger partial charge in [-0.15, -0.1) is 0 Å². The van der Waals surface area contributed by atoms with E-state index in [0.717, 1.165) is 11.6 Å². The molecule has 3 heteroatoms. The van der Waals surface area contributed by atoms with Crippen LogP contribution in [0.2, 0.25) is 5.02 Å². The average molecular weight is 242 g/mol. The van der Waals surface area contributed by atoms with Crippen molar-refractivity contribution in [1.29, 1.82) is 0 Å². The minimum atomic E-state index is 0.441. The van der Waals surface area contributed by atoms with E-state index in [-0.39, 0.29) is 0 Å². The van der Waals surface area contributed by atoms with E-state index in [2.05, 4.69) is 24.4 Å². The van der Waals surface area contributed by atoms with Gasteiger partial charge < -0.3 is 5.32 Å². The quantitative estimate of drug-likeness (QED) is 0.808. The smallest absolute Gasteiger partial charge is 0.0438 e. The summed E-state index contributed by atoms with van der Waals surface area (Å²) in [7, 11) is 0. The number of hydrogen-bond donors (Lipinski definition) is 1. The van der Waals surface area contributed by atoms with E-state index in [4.69, 9.17) is 11.6 Å². The van der Waals surface area contributed by atoms with E-state index in [1.807, 2.05) is 23.9 Å². The molecule has 1 aliphatic heterocycles. The van der Waals surface area contributed by atoms with Gasteiger partial charge in [-0.2, -0.15) is 11.8 Å². The first-order chi connectivity index (χ1) is 7.27. The second-order valence-corrected chi connectivity index (χ2v) is 5.84. The minimum absolute atomic E-state index is 0.441. The van der Waals surface area contributed by atoms with Gasteiger partial charge in [0.25, 0.3) is 0 Å². The zero-order valence-corrected chi connectivity index (χ0v) is 10.4. The van der Waals surface area contributed by atoms with Gasteiger partial charge in [-0.3, -0.25) is 0 Å². The minimum Gasteiger partial charge on any atom is -0.309 e. The average Bonchev–Trinajstić information content (AvgIpc) is 2.43. The van der Waals surface area contributed by atoms with Crippen LogP contribution in [0.5, 0.6) is 0 Å². The van der Waals surface area contributed by atoms with Crippen molar-refractivity contribution >= 4 is 23.4 Å². The molecule has 0 aromatic heterocycles. The molecule has 1 nitrogen and oxygen atoms in total. The van der Waals surface area contributed by atoms with Gasteiger partial charge in [0.05, 0.1) is 0 Å². The monoisotopic (exact) mass is 241 g/mol. The van der Waals surface area contributed by atoms with E-state index in [9.17, 15) is 0 Å². The first-order valence-electron chi connectivity index (χ1n) is 5.38. The topological polar surface area (TPSA) is 12.0 Å². The van der Waals surface area contributed by atoms with Gasteiger partial charge in [-0.1, -0.05) is 30.7 Å². The highest BCUT2D eigenvalue weighted by atomic mass is 35.5. The van der Waals surface area contributed by atoms with Gasteiger partial charge in [-0.25, -0.2) is 0 Å². The second kappa shape index (κ2) is 5.24. The first-order valence-corrected chi connectivity index (χ1v) is 6.80. The van der Waals surface area contributed by atoms with E-state index < -0.39 is 0 Å². The molecule has 1 fully saturated rings. The summed E-state index contributed by atoms with van der Waals surface area (Å²) in [4.78, 5) is 0. The third-order valence-electron chi connectivity index (χ3n) is 2.74. The summed E-state index contributed by atoms with van der Waals surface area (Å²) in [6.45, 7) is 3.39. The van der Waals surface area contributed by atoms with Crippen molar-refractivity contribution in [2.45, 2.75) is 24.6 Å². The number of halogens is 1.